The van der Waals surface area contributed by atoms with Crippen molar-refractivity contribution in [3.8, 4) is 28.0 Å². The number of aryl methyl sites for hydroxylation is 3. The molecule has 5 aromatic carbocycles. The molecule has 0 bridgehead atoms. The van der Waals surface area contributed by atoms with Gasteiger partial charge in [0, 0.05) is 21.2 Å². The lowest BCUT2D eigenvalue weighted by atomic mass is 9.66. The normalized spacial score (nSPS) is 14.4. The van der Waals surface area contributed by atoms with Gasteiger partial charge in [-0.05, 0) is 94.6 Å². The molecule has 1 aliphatic carbocycles. The molecule has 1 atom stereocenters. The third-order valence-electron chi connectivity index (χ3n) is 10.8. The summed E-state index contributed by atoms with van der Waals surface area (Å²) in [7, 11) is 5.80. The molecule has 0 aliphatic heterocycles. The van der Waals surface area contributed by atoms with Gasteiger partial charge >= 0.3 is 0 Å². The molecule has 9 nitrogen and oxygen atoms in total. The summed E-state index contributed by atoms with van der Waals surface area (Å²) in [5.41, 5.74) is 14.8. The van der Waals surface area contributed by atoms with Crippen LogP contribution in [0.3, 0.4) is 0 Å². The smallest absolute Gasteiger partial charge is 0.142 e. The Kier molecular flexibility index (Phi) is 16.1. The van der Waals surface area contributed by atoms with Gasteiger partial charge in [-0.15, -0.1) is 0 Å². The maximum absolute atomic E-state index is 8.89. The van der Waals surface area contributed by atoms with Gasteiger partial charge in [0.2, 0.25) is 0 Å². The van der Waals surface area contributed by atoms with Gasteiger partial charge in [-0.1, -0.05) is 90.0 Å². The van der Waals surface area contributed by atoms with Crippen LogP contribution < -0.4 is 9.64 Å². The predicted molar refractivity (Wildman–Crippen MR) is 235 cm³/mol. The molecule has 0 spiro atoms. The van der Waals surface area contributed by atoms with Crippen molar-refractivity contribution in [3.63, 3.8) is 0 Å². The topological polar surface area (TPSA) is 88.1 Å². The van der Waals surface area contributed by atoms with Crippen LogP contribution in [0.2, 0.25) is 0 Å². The third-order valence-corrected chi connectivity index (χ3v) is 10.8. The number of ether oxygens (including phenoxy) is 7. The van der Waals surface area contributed by atoms with E-state index in [0.29, 0.717) is 79.3 Å². The number of anilines is 1. The van der Waals surface area contributed by atoms with Gasteiger partial charge in [0.1, 0.15) is 12.4 Å². The van der Waals surface area contributed by atoms with Crippen molar-refractivity contribution in [2.24, 2.45) is 0 Å². The van der Waals surface area contributed by atoms with Gasteiger partial charge in [-0.25, -0.2) is 0 Å². The molecule has 314 valence electrons. The molecule has 0 radical (unpaired) electrons. The zero-order valence-electron chi connectivity index (χ0n) is 35.7. The fourth-order valence-electron chi connectivity index (χ4n) is 7.91. The number of hydrogen-bond donors (Lipinski definition) is 1. The fourth-order valence-corrected chi connectivity index (χ4v) is 7.91. The molecule has 0 aromatic heterocycles. The van der Waals surface area contributed by atoms with E-state index in [1.807, 2.05) is 0 Å². The molecular formula is C50H61NO8. The first-order chi connectivity index (χ1) is 28.8. The maximum Gasteiger partial charge on any atom is 0.142 e. The lowest BCUT2D eigenvalue weighted by Crippen LogP contribution is -2.29. The van der Waals surface area contributed by atoms with Crippen LogP contribution in [-0.4, -0.2) is 106 Å². The van der Waals surface area contributed by atoms with E-state index in [4.69, 9.17) is 38.3 Å². The van der Waals surface area contributed by atoms with E-state index in [0.717, 1.165) is 28.1 Å². The minimum Gasteiger partial charge on any atom is -0.489 e. The fraction of sp³-hybridized carbons (Fsp3) is 0.400. The van der Waals surface area contributed by atoms with Gasteiger partial charge in [0.25, 0.3) is 0 Å². The van der Waals surface area contributed by atoms with Crippen molar-refractivity contribution in [2.45, 2.75) is 32.8 Å². The van der Waals surface area contributed by atoms with Gasteiger partial charge in [0.05, 0.1) is 90.4 Å². The number of nitrogens with zero attached hydrogens (tertiary/aromatic N) is 1. The molecule has 0 heterocycles. The Balaban J connectivity index is 1.37. The minimum atomic E-state index is -0.637. The molecule has 0 saturated carbocycles. The summed E-state index contributed by atoms with van der Waals surface area (Å²) >= 11 is 0. The van der Waals surface area contributed by atoms with Crippen LogP contribution in [0, 0.1) is 20.8 Å². The number of hydrogen-bond acceptors (Lipinski definition) is 9. The van der Waals surface area contributed by atoms with E-state index in [9.17, 15) is 0 Å². The minimum absolute atomic E-state index is 0.0120. The number of methoxy groups -OCH3 is 1. The molecule has 1 N–H and O–H groups in total. The van der Waals surface area contributed by atoms with Crippen LogP contribution in [-0.2, 0) is 40.4 Å². The quantitative estimate of drug-likeness (QED) is 0.0608. The first-order valence-electron chi connectivity index (χ1n) is 20.6. The largest absolute Gasteiger partial charge is 0.489 e. The molecule has 5 aromatic rings. The Morgan fingerprint density at radius 2 is 1.14 bits per heavy atom. The number of benzene rings is 5. The van der Waals surface area contributed by atoms with Crippen LogP contribution in [0.1, 0.15) is 44.5 Å². The second-order valence-corrected chi connectivity index (χ2v) is 15.2. The highest BCUT2D eigenvalue weighted by Crippen LogP contribution is 2.58. The van der Waals surface area contributed by atoms with Crippen molar-refractivity contribution < 1.29 is 38.3 Å². The van der Waals surface area contributed by atoms with Crippen LogP contribution in [0.5, 0.6) is 5.75 Å². The molecule has 1 aliphatic rings. The van der Waals surface area contributed by atoms with E-state index < -0.39 is 5.41 Å². The molecule has 9 heteroatoms. The van der Waals surface area contributed by atoms with Crippen molar-refractivity contribution in [1.29, 1.82) is 0 Å². The van der Waals surface area contributed by atoms with Gasteiger partial charge < -0.3 is 43.2 Å². The number of aliphatic hydroxyl groups excluding tert-OH is 1. The second-order valence-electron chi connectivity index (χ2n) is 15.2. The molecule has 0 fully saturated rings. The summed E-state index contributed by atoms with van der Waals surface area (Å²) in [6.45, 7) is 12.2. The molecular weight excluding hydrogens is 743 g/mol. The van der Waals surface area contributed by atoms with Crippen molar-refractivity contribution in [2.75, 3.05) is 105 Å². The molecule has 0 saturated heterocycles. The monoisotopic (exact) mass is 803 g/mol. The zero-order valence-corrected chi connectivity index (χ0v) is 35.7. The number of fused-ring (bicyclic) bond motifs is 3. The van der Waals surface area contributed by atoms with Crippen LogP contribution >= 0.6 is 0 Å². The Morgan fingerprint density at radius 3 is 1.81 bits per heavy atom. The summed E-state index contributed by atoms with van der Waals surface area (Å²) < 4.78 is 39.8. The van der Waals surface area contributed by atoms with E-state index in [1.165, 1.54) is 50.1 Å². The average Bonchev–Trinajstić information content (AvgIpc) is 3.52. The number of aliphatic hydroxyl groups is 1. The SMILES string of the molecule is COCCOCCOCCOc1ccc(C2(c3ccc(COCCOCCOCCO)c(C)c3)c3cc(C)ccc3-c3ccc(-c4cccc(C)c4)cc32)cc1N(C)C. The highest BCUT2D eigenvalue weighted by atomic mass is 16.6. The number of rotatable bonds is 24. The highest BCUT2D eigenvalue weighted by molar-refractivity contribution is 5.89. The standard InChI is InChI=1S/C50H61NO8/c1-36-8-7-9-39(30-36)40-12-16-45-44-15-10-37(2)31-46(44)50(47(45)33-40,42-13-11-41(38(3)32-42)35-58-27-26-56-23-22-54-19-18-52)43-14-17-49(48(34-43)51(4)5)59-29-28-57-25-24-55-21-20-53-6/h7-17,30-34,52H,18-29,35H2,1-6H3. The predicted octanol–water partition coefficient (Wildman–Crippen LogP) is 8.31. The van der Waals surface area contributed by atoms with E-state index in [2.05, 4.69) is 137 Å². The van der Waals surface area contributed by atoms with Crippen molar-refractivity contribution >= 4 is 5.69 Å². The van der Waals surface area contributed by atoms with Crippen LogP contribution in [0.15, 0.2) is 97.1 Å². The Hall–Kier alpha value is -4.58. The summed E-state index contributed by atoms with van der Waals surface area (Å²) in [5, 5.41) is 8.89. The Bertz CT molecular complexity index is 2120. The van der Waals surface area contributed by atoms with E-state index in [1.54, 1.807) is 7.11 Å². The van der Waals surface area contributed by atoms with Crippen LogP contribution in [0.4, 0.5) is 5.69 Å². The summed E-state index contributed by atoms with van der Waals surface area (Å²) in [6, 6.07) is 36.2. The zero-order chi connectivity index (χ0) is 41.6. The highest BCUT2D eigenvalue weighted by Gasteiger charge is 2.47. The Labute approximate surface area is 350 Å². The van der Waals surface area contributed by atoms with E-state index in [-0.39, 0.29) is 6.61 Å². The summed E-state index contributed by atoms with van der Waals surface area (Å²) in [5.74, 6) is 0.801. The maximum atomic E-state index is 8.89. The van der Waals surface area contributed by atoms with E-state index >= 15 is 0 Å². The molecule has 6 rings (SSSR count). The second kappa shape index (κ2) is 21.6. The van der Waals surface area contributed by atoms with Crippen molar-refractivity contribution in [3.05, 3.63) is 142 Å². The van der Waals surface area contributed by atoms with Gasteiger partial charge in [-0.3, -0.25) is 0 Å². The van der Waals surface area contributed by atoms with Crippen LogP contribution in [0.25, 0.3) is 22.3 Å². The molecule has 59 heavy (non-hydrogen) atoms. The summed E-state index contributed by atoms with van der Waals surface area (Å²) in [4.78, 5) is 2.13. The van der Waals surface area contributed by atoms with Crippen molar-refractivity contribution in [1.82, 2.24) is 0 Å². The van der Waals surface area contributed by atoms with Gasteiger partial charge in [0.15, 0.2) is 0 Å². The Morgan fingerprint density at radius 1 is 0.542 bits per heavy atom. The first-order valence-corrected chi connectivity index (χ1v) is 20.6. The lowest BCUT2D eigenvalue weighted by Gasteiger charge is -2.36. The van der Waals surface area contributed by atoms with Gasteiger partial charge in [-0.2, -0.15) is 0 Å². The lowest BCUT2D eigenvalue weighted by molar-refractivity contribution is 0.00444. The first kappa shape index (κ1) is 44.0. The average molecular weight is 804 g/mol. The summed E-state index contributed by atoms with van der Waals surface area (Å²) in [6.07, 6.45) is 0. The third kappa shape index (κ3) is 10.6. The molecule has 1 unspecified atom stereocenters. The molecule has 0 amide bonds.